The first-order chi connectivity index (χ1) is 11.4. The van der Waals surface area contributed by atoms with E-state index in [1.54, 1.807) is 6.07 Å². The molecule has 0 aliphatic carbocycles. The number of terminal acetylenes is 1. The fourth-order valence-electron chi connectivity index (χ4n) is 2.08. The van der Waals surface area contributed by atoms with E-state index in [4.69, 9.17) is 6.42 Å². The van der Waals surface area contributed by atoms with Gasteiger partial charge < -0.3 is 15.4 Å². The van der Waals surface area contributed by atoms with Gasteiger partial charge in [-0.2, -0.15) is 0 Å². The molecule has 7 heteroatoms. The first kappa shape index (κ1) is 19.2. The summed E-state index contributed by atoms with van der Waals surface area (Å²) >= 11 is 0. The fourth-order valence-corrected chi connectivity index (χ4v) is 2.08. The summed E-state index contributed by atoms with van der Waals surface area (Å²) in [5.41, 5.74) is 0.524. The Morgan fingerprint density at radius 2 is 2.00 bits per heavy atom. The van der Waals surface area contributed by atoms with E-state index in [9.17, 15) is 18.8 Å². The molecule has 0 spiro atoms. The molecule has 0 aliphatic heterocycles. The van der Waals surface area contributed by atoms with E-state index in [0.717, 1.165) is 0 Å². The van der Waals surface area contributed by atoms with Gasteiger partial charge >= 0.3 is 5.97 Å². The summed E-state index contributed by atoms with van der Waals surface area (Å²) in [5.74, 6) is 0.0932. The van der Waals surface area contributed by atoms with Gasteiger partial charge in [-0.15, -0.1) is 12.3 Å². The third-order valence-electron chi connectivity index (χ3n) is 3.15. The molecule has 0 saturated carbocycles. The van der Waals surface area contributed by atoms with Crippen molar-refractivity contribution < 1.29 is 23.5 Å². The first-order valence-corrected chi connectivity index (χ1v) is 7.20. The molecule has 1 rings (SSSR count). The normalized spacial score (nSPS) is 12.4. The lowest BCUT2D eigenvalue weighted by Crippen LogP contribution is -2.52. The van der Waals surface area contributed by atoms with Gasteiger partial charge in [-0.05, 0) is 17.7 Å². The van der Waals surface area contributed by atoms with Crippen molar-refractivity contribution in [1.29, 1.82) is 0 Å². The summed E-state index contributed by atoms with van der Waals surface area (Å²) in [6.07, 6.45) is 5.19. The van der Waals surface area contributed by atoms with Gasteiger partial charge in [0.05, 0.1) is 7.11 Å². The number of hydrogen-bond acceptors (Lipinski definition) is 4. The maximum absolute atomic E-state index is 13.3. The lowest BCUT2D eigenvalue weighted by Gasteiger charge is -2.21. The topological polar surface area (TPSA) is 84.5 Å². The van der Waals surface area contributed by atoms with E-state index in [0.29, 0.717) is 5.56 Å². The molecule has 0 radical (unpaired) electrons. The minimum absolute atomic E-state index is 0.0504. The molecule has 0 unspecified atom stereocenters. The number of ether oxygens (including phenoxy) is 1. The van der Waals surface area contributed by atoms with E-state index in [1.165, 1.54) is 32.2 Å². The van der Waals surface area contributed by atoms with Crippen LogP contribution in [0.3, 0.4) is 0 Å². The number of halogens is 1. The summed E-state index contributed by atoms with van der Waals surface area (Å²) in [6.45, 7) is 1.26. The van der Waals surface area contributed by atoms with E-state index < -0.39 is 35.7 Å². The highest BCUT2D eigenvalue weighted by molar-refractivity contribution is 5.90. The van der Waals surface area contributed by atoms with Crippen LogP contribution in [0.4, 0.5) is 4.39 Å². The van der Waals surface area contributed by atoms with Crippen molar-refractivity contribution in [3.05, 3.63) is 35.6 Å². The molecule has 2 amide bonds. The van der Waals surface area contributed by atoms with E-state index in [2.05, 4.69) is 21.3 Å². The minimum atomic E-state index is -1.02. The van der Waals surface area contributed by atoms with Crippen LogP contribution >= 0.6 is 0 Å². The van der Waals surface area contributed by atoms with Gasteiger partial charge in [-0.1, -0.05) is 12.1 Å². The van der Waals surface area contributed by atoms with Crippen molar-refractivity contribution in [3.8, 4) is 12.3 Å². The van der Waals surface area contributed by atoms with Crippen LogP contribution in [-0.4, -0.2) is 37.0 Å². The van der Waals surface area contributed by atoms with Crippen molar-refractivity contribution in [2.75, 3.05) is 7.11 Å². The monoisotopic (exact) mass is 334 g/mol. The van der Waals surface area contributed by atoms with Crippen molar-refractivity contribution in [3.63, 3.8) is 0 Å². The fraction of sp³-hybridized carbons (Fsp3) is 0.353. The molecule has 128 valence electrons. The Bertz CT molecular complexity index is 654. The molecule has 0 bridgehead atoms. The highest BCUT2D eigenvalue weighted by atomic mass is 19.1. The van der Waals surface area contributed by atoms with Crippen LogP contribution in [0.15, 0.2) is 24.3 Å². The lowest BCUT2D eigenvalue weighted by atomic mass is 10.0. The molecule has 1 aromatic carbocycles. The molecule has 0 aliphatic rings. The summed E-state index contributed by atoms with van der Waals surface area (Å²) in [5, 5.41) is 4.92. The van der Waals surface area contributed by atoms with E-state index >= 15 is 0 Å². The summed E-state index contributed by atoms with van der Waals surface area (Å²) in [7, 11) is 1.18. The average molecular weight is 334 g/mol. The Morgan fingerprint density at radius 3 is 2.54 bits per heavy atom. The Kier molecular flexibility index (Phi) is 7.43. The SMILES string of the molecule is C#CC[C@H](NC(=O)[C@@H](Cc1cccc(F)c1)NC(C)=O)C(=O)OC. The van der Waals surface area contributed by atoms with Crippen LogP contribution in [0.5, 0.6) is 0 Å². The van der Waals surface area contributed by atoms with Crippen LogP contribution < -0.4 is 10.6 Å². The predicted octanol–water partition coefficient (Wildman–Crippen LogP) is 0.554. The number of rotatable bonds is 7. The number of esters is 1. The average Bonchev–Trinajstić information content (AvgIpc) is 2.52. The quantitative estimate of drug-likeness (QED) is 0.563. The number of carbonyl (C=O) groups excluding carboxylic acids is 3. The maximum Gasteiger partial charge on any atom is 0.329 e. The summed E-state index contributed by atoms with van der Waals surface area (Å²) in [6, 6.07) is 3.68. The number of amides is 2. The van der Waals surface area contributed by atoms with Crippen LogP contribution in [0.2, 0.25) is 0 Å². The number of hydrogen-bond donors (Lipinski definition) is 2. The second-order valence-corrected chi connectivity index (χ2v) is 5.08. The van der Waals surface area contributed by atoms with Crippen LogP contribution in [0.25, 0.3) is 0 Å². The zero-order valence-electron chi connectivity index (χ0n) is 13.5. The second kappa shape index (κ2) is 9.30. The Labute approximate surface area is 139 Å². The highest BCUT2D eigenvalue weighted by Crippen LogP contribution is 2.07. The molecule has 6 nitrogen and oxygen atoms in total. The molecule has 24 heavy (non-hydrogen) atoms. The number of nitrogens with one attached hydrogen (secondary N) is 2. The van der Waals surface area contributed by atoms with Gasteiger partial charge in [0.2, 0.25) is 11.8 Å². The largest absolute Gasteiger partial charge is 0.467 e. The second-order valence-electron chi connectivity index (χ2n) is 5.08. The molecule has 2 N–H and O–H groups in total. The van der Waals surface area contributed by atoms with Gasteiger partial charge in [0.1, 0.15) is 17.9 Å². The molecule has 2 atom stereocenters. The molecular weight excluding hydrogens is 315 g/mol. The maximum atomic E-state index is 13.3. The van der Waals surface area contributed by atoms with Gasteiger partial charge in [0, 0.05) is 19.8 Å². The van der Waals surface area contributed by atoms with Crippen LogP contribution in [0, 0.1) is 18.2 Å². The van der Waals surface area contributed by atoms with Crippen molar-refractivity contribution >= 4 is 17.8 Å². The van der Waals surface area contributed by atoms with Crippen molar-refractivity contribution in [1.82, 2.24) is 10.6 Å². The number of benzene rings is 1. The van der Waals surface area contributed by atoms with Gasteiger partial charge in [0.25, 0.3) is 0 Å². The number of methoxy groups -OCH3 is 1. The Hall–Kier alpha value is -2.88. The third-order valence-corrected chi connectivity index (χ3v) is 3.15. The van der Waals surface area contributed by atoms with Crippen LogP contribution in [-0.2, 0) is 25.5 Å². The van der Waals surface area contributed by atoms with Gasteiger partial charge in [0.15, 0.2) is 0 Å². The van der Waals surface area contributed by atoms with Crippen molar-refractivity contribution in [2.45, 2.75) is 31.8 Å². The van der Waals surface area contributed by atoms with Crippen LogP contribution in [0.1, 0.15) is 18.9 Å². The summed E-state index contributed by atoms with van der Waals surface area (Å²) < 4.78 is 17.8. The smallest absolute Gasteiger partial charge is 0.329 e. The van der Waals surface area contributed by atoms with Gasteiger partial charge in [-0.25, -0.2) is 9.18 Å². The van der Waals surface area contributed by atoms with E-state index in [1.807, 2.05) is 0 Å². The molecule has 0 saturated heterocycles. The molecule has 0 aromatic heterocycles. The molecule has 0 heterocycles. The Balaban J connectivity index is 2.89. The predicted molar refractivity (Wildman–Crippen MR) is 85.1 cm³/mol. The van der Waals surface area contributed by atoms with E-state index in [-0.39, 0.29) is 12.8 Å². The van der Waals surface area contributed by atoms with Crippen molar-refractivity contribution in [2.24, 2.45) is 0 Å². The molecular formula is C17H19FN2O4. The Morgan fingerprint density at radius 1 is 1.29 bits per heavy atom. The molecule has 1 aromatic rings. The highest BCUT2D eigenvalue weighted by Gasteiger charge is 2.26. The third kappa shape index (κ3) is 6.08. The first-order valence-electron chi connectivity index (χ1n) is 7.20. The minimum Gasteiger partial charge on any atom is -0.467 e. The lowest BCUT2D eigenvalue weighted by molar-refractivity contribution is -0.145. The molecule has 0 fully saturated rings. The zero-order valence-corrected chi connectivity index (χ0v) is 13.5. The number of carbonyl (C=O) groups is 3. The summed E-state index contributed by atoms with van der Waals surface area (Å²) in [4.78, 5) is 35.3. The standard InChI is InChI=1S/C17H19FN2O4/c1-4-6-14(17(23)24-3)20-16(22)15(19-11(2)21)10-12-7-5-8-13(18)9-12/h1,5,7-9,14-15H,6,10H2,2-3H3,(H,19,21)(H,20,22)/t14-,15+/m0/s1. The zero-order chi connectivity index (χ0) is 18.1. The van der Waals surface area contributed by atoms with Gasteiger partial charge in [-0.3, -0.25) is 9.59 Å².